The molecule has 0 aliphatic heterocycles. The van der Waals surface area contributed by atoms with Crippen LogP contribution in [0.2, 0.25) is 0 Å². The molecule has 0 aromatic carbocycles. The fraction of sp³-hybridized carbons (Fsp3) is 0.167. The number of nitrogen functional groups attached to an aromatic ring is 1. The zero-order valence-electron chi connectivity index (χ0n) is 6.43. The Hall–Kier alpha value is -1.85. The minimum absolute atomic E-state index is 0.302. The van der Waals surface area contributed by atoms with Crippen molar-refractivity contribution in [2.24, 2.45) is 0 Å². The van der Waals surface area contributed by atoms with Crippen LogP contribution in [-0.2, 0) is 0 Å². The molecule has 0 aliphatic rings. The van der Waals surface area contributed by atoms with Gasteiger partial charge in [0.2, 0.25) is 11.6 Å². The van der Waals surface area contributed by atoms with E-state index < -0.39 is 0 Å². The highest BCUT2D eigenvalue weighted by Crippen LogP contribution is 2.15. The summed E-state index contributed by atoms with van der Waals surface area (Å²) in [5.74, 6) is 0.859. The van der Waals surface area contributed by atoms with Crippen LogP contribution in [0, 0.1) is 0 Å². The molecule has 6 heteroatoms. The standard InChI is InChI=1S/C6H7N5O/c1-12-4-2-8-3-11-5(4)9-10-6(11)7/h2-3H,1H3,(H2,7,10). The molecule has 0 fully saturated rings. The Bertz CT molecular complexity index is 409. The minimum atomic E-state index is 0.302. The zero-order chi connectivity index (χ0) is 8.55. The number of aromatic nitrogens is 4. The molecule has 0 spiro atoms. The van der Waals surface area contributed by atoms with Crippen molar-refractivity contribution in [2.75, 3.05) is 12.8 Å². The Morgan fingerprint density at radius 1 is 1.50 bits per heavy atom. The maximum absolute atomic E-state index is 5.49. The quantitative estimate of drug-likeness (QED) is 0.628. The number of hydrogen-bond acceptors (Lipinski definition) is 5. The lowest BCUT2D eigenvalue weighted by atomic mass is 10.5. The maximum atomic E-state index is 5.49. The van der Waals surface area contributed by atoms with Gasteiger partial charge in [0.25, 0.3) is 0 Å². The lowest BCUT2D eigenvalue weighted by molar-refractivity contribution is 0.414. The molecule has 6 nitrogen and oxygen atoms in total. The second-order valence-electron chi connectivity index (χ2n) is 2.21. The third-order valence-corrected chi connectivity index (χ3v) is 1.54. The summed E-state index contributed by atoms with van der Waals surface area (Å²) in [6.45, 7) is 0. The van der Waals surface area contributed by atoms with Crippen molar-refractivity contribution in [1.29, 1.82) is 0 Å². The van der Waals surface area contributed by atoms with Crippen LogP contribution in [0.1, 0.15) is 0 Å². The number of hydrogen-bond donors (Lipinski definition) is 1. The Kier molecular flexibility index (Phi) is 1.33. The molecule has 0 unspecified atom stereocenters. The van der Waals surface area contributed by atoms with Crippen LogP contribution in [-0.4, -0.2) is 26.7 Å². The van der Waals surface area contributed by atoms with Crippen molar-refractivity contribution < 1.29 is 4.74 Å². The highest BCUT2D eigenvalue weighted by atomic mass is 16.5. The first kappa shape index (κ1) is 6.84. The largest absolute Gasteiger partial charge is 0.491 e. The van der Waals surface area contributed by atoms with Gasteiger partial charge in [-0.25, -0.2) is 9.38 Å². The molecular weight excluding hydrogens is 158 g/mol. The molecular formula is C6H7N5O. The number of ether oxygens (including phenoxy) is 1. The highest BCUT2D eigenvalue weighted by Gasteiger charge is 2.06. The number of methoxy groups -OCH3 is 1. The van der Waals surface area contributed by atoms with Gasteiger partial charge in [-0.2, -0.15) is 0 Å². The van der Waals surface area contributed by atoms with Crippen molar-refractivity contribution in [2.45, 2.75) is 0 Å². The van der Waals surface area contributed by atoms with Crippen molar-refractivity contribution in [3.63, 3.8) is 0 Å². The van der Waals surface area contributed by atoms with Gasteiger partial charge in [-0.1, -0.05) is 0 Å². The van der Waals surface area contributed by atoms with E-state index in [9.17, 15) is 0 Å². The SMILES string of the molecule is COc1cncn2c(N)nnc12. The van der Waals surface area contributed by atoms with E-state index in [1.54, 1.807) is 17.7 Å². The predicted molar refractivity (Wildman–Crippen MR) is 41.7 cm³/mol. The van der Waals surface area contributed by atoms with Crippen molar-refractivity contribution in [3.05, 3.63) is 12.5 Å². The first-order valence-electron chi connectivity index (χ1n) is 3.31. The highest BCUT2D eigenvalue weighted by molar-refractivity contribution is 5.54. The summed E-state index contributed by atoms with van der Waals surface area (Å²) in [4.78, 5) is 3.89. The number of fused-ring (bicyclic) bond motifs is 1. The van der Waals surface area contributed by atoms with E-state index in [0.717, 1.165) is 0 Å². The summed E-state index contributed by atoms with van der Waals surface area (Å²) in [5.41, 5.74) is 6.07. The summed E-state index contributed by atoms with van der Waals surface area (Å²) in [5, 5.41) is 7.49. The van der Waals surface area contributed by atoms with Gasteiger partial charge in [0.15, 0.2) is 5.75 Å². The lowest BCUT2D eigenvalue weighted by Gasteiger charge is -1.98. The van der Waals surface area contributed by atoms with E-state index in [-0.39, 0.29) is 0 Å². The summed E-state index contributed by atoms with van der Waals surface area (Å²) >= 11 is 0. The predicted octanol–water partition coefficient (Wildman–Crippen LogP) is -0.285. The third kappa shape index (κ3) is 0.777. The number of rotatable bonds is 1. The van der Waals surface area contributed by atoms with Crippen LogP contribution in [0.4, 0.5) is 5.95 Å². The molecule has 0 atom stereocenters. The second kappa shape index (κ2) is 2.33. The molecule has 2 aromatic rings. The summed E-state index contributed by atoms with van der Waals surface area (Å²) in [6, 6.07) is 0. The first-order chi connectivity index (χ1) is 5.83. The van der Waals surface area contributed by atoms with Crippen LogP contribution in [0.5, 0.6) is 5.75 Å². The molecule has 0 bridgehead atoms. The molecule has 0 amide bonds. The lowest BCUT2D eigenvalue weighted by Crippen LogP contribution is -1.96. The van der Waals surface area contributed by atoms with Crippen molar-refractivity contribution >= 4 is 11.6 Å². The normalized spacial score (nSPS) is 10.4. The zero-order valence-corrected chi connectivity index (χ0v) is 6.43. The van der Waals surface area contributed by atoms with Gasteiger partial charge in [0, 0.05) is 0 Å². The number of nitrogens with two attached hydrogens (primary N) is 1. The van der Waals surface area contributed by atoms with Crippen LogP contribution >= 0.6 is 0 Å². The Balaban J connectivity index is 2.81. The molecule has 0 radical (unpaired) electrons. The molecule has 62 valence electrons. The molecule has 0 saturated heterocycles. The van der Waals surface area contributed by atoms with Crippen LogP contribution in [0.15, 0.2) is 12.5 Å². The van der Waals surface area contributed by atoms with Gasteiger partial charge >= 0.3 is 0 Å². The topological polar surface area (TPSA) is 78.3 Å². The van der Waals surface area contributed by atoms with Crippen LogP contribution in [0.25, 0.3) is 5.65 Å². The molecule has 12 heavy (non-hydrogen) atoms. The number of nitrogens with zero attached hydrogens (tertiary/aromatic N) is 4. The molecule has 2 N–H and O–H groups in total. The van der Waals surface area contributed by atoms with Gasteiger partial charge < -0.3 is 10.5 Å². The van der Waals surface area contributed by atoms with E-state index >= 15 is 0 Å². The average molecular weight is 165 g/mol. The Morgan fingerprint density at radius 3 is 3.08 bits per heavy atom. The van der Waals surface area contributed by atoms with Crippen molar-refractivity contribution in [1.82, 2.24) is 19.6 Å². The van der Waals surface area contributed by atoms with E-state index in [1.807, 2.05) is 0 Å². The molecule has 2 aromatic heterocycles. The minimum Gasteiger partial charge on any atom is -0.491 e. The van der Waals surface area contributed by atoms with Gasteiger partial charge in [-0.05, 0) is 0 Å². The molecule has 2 rings (SSSR count). The van der Waals surface area contributed by atoms with Gasteiger partial charge in [0.05, 0.1) is 13.3 Å². The van der Waals surface area contributed by atoms with Gasteiger partial charge in [-0.15, -0.1) is 10.2 Å². The monoisotopic (exact) mass is 165 g/mol. The molecule has 2 heterocycles. The van der Waals surface area contributed by atoms with E-state index in [0.29, 0.717) is 17.3 Å². The van der Waals surface area contributed by atoms with Crippen LogP contribution in [0.3, 0.4) is 0 Å². The Labute approximate surface area is 68.0 Å². The van der Waals surface area contributed by atoms with Gasteiger partial charge in [0.1, 0.15) is 6.33 Å². The maximum Gasteiger partial charge on any atom is 0.227 e. The Morgan fingerprint density at radius 2 is 2.33 bits per heavy atom. The summed E-state index contributed by atoms with van der Waals surface area (Å²) < 4.78 is 6.55. The van der Waals surface area contributed by atoms with E-state index in [2.05, 4.69) is 15.2 Å². The average Bonchev–Trinajstić information content (AvgIpc) is 2.48. The second-order valence-corrected chi connectivity index (χ2v) is 2.21. The number of anilines is 1. The van der Waals surface area contributed by atoms with E-state index in [4.69, 9.17) is 10.5 Å². The molecule has 0 saturated carbocycles. The van der Waals surface area contributed by atoms with E-state index in [1.165, 1.54) is 6.33 Å². The fourth-order valence-electron chi connectivity index (χ4n) is 0.955. The summed E-state index contributed by atoms with van der Waals surface area (Å²) in [6.07, 6.45) is 3.09. The summed E-state index contributed by atoms with van der Waals surface area (Å²) in [7, 11) is 1.54. The fourth-order valence-corrected chi connectivity index (χ4v) is 0.955. The van der Waals surface area contributed by atoms with Crippen molar-refractivity contribution in [3.8, 4) is 5.75 Å². The molecule has 0 aliphatic carbocycles. The third-order valence-electron chi connectivity index (χ3n) is 1.54. The van der Waals surface area contributed by atoms with Gasteiger partial charge in [-0.3, -0.25) is 0 Å². The first-order valence-corrected chi connectivity index (χ1v) is 3.31. The smallest absolute Gasteiger partial charge is 0.227 e. The van der Waals surface area contributed by atoms with Crippen LogP contribution < -0.4 is 10.5 Å².